The highest BCUT2D eigenvalue weighted by molar-refractivity contribution is 6.10. The van der Waals surface area contributed by atoms with E-state index in [2.05, 4.69) is 10.1 Å². The molecule has 1 aromatic heterocycles. The highest BCUT2D eigenvalue weighted by Crippen LogP contribution is 2.07. The van der Waals surface area contributed by atoms with Crippen molar-refractivity contribution in [3.63, 3.8) is 0 Å². The third-order valence-corrected chi connectivity index (χ3v) is 2.37. The molecule has 0 atom stereocenters. The fourth-order valence-electron chi connectivity index (χ4n) is 1.45. The van der Waals surface area contributed by atoms with Crippen LogP contribution < -0.4 is 0 Å². The molecular weight excluding hydrogens is 231 g/mol. The van der Waals surface area contributed by atoms with E-state index in [0.29, 0.717) is 11.3 Å². The monoisotopic (exact) mass is 242 g/mol. The Balaban J connectivity index is 2.19. The number of oxime groups is 1. The van der Waals surface area contributed by atoms with Crippen molar-refractivity contribution >= 4 is 11.8 Å². The van der Waals surface area contributed by atoms with E-state index in [0.717, 1.165) is 5.56 Å². The van der Waals surface area contributed by atoms with Gasteiger partial charge >= 0.3 is 0 Å². The standard InChI is InChI=1S/C14H11FN2O/c15-13-6-3-11(4-7-13)5-8-14(17-18)12-2-1-9-16-10-12/h1-10,18H/b8-5+,17-14-. The van der Waals surface area contributed by atoms with Crippen molar-refractivity contribution in [3.8, 4) is 0 Å². The van der Waals surface area contributed by atoms with Crippen LogP contribution in [0, 0.1) is 5.82 Å². The quantitative estimate of drug-likeness (QED) is 0.510. The van der Waals surface area contributed by atoms with Crippen molar-refractivity contribution < 1.29 is 9.60 Å². The van der Waals surface area contributed by atoms with E-state index in [4.69, 9.17) is 5.21 Å². The first-order chi connectivity index (χ1) is 8.79. The first-order valence-electron chi connectivity index (χ1n) is 5.36. The summed E-state index contributed by atoms with van der Waals surface area (Å²) in [6.45, 7) is 0. The Morgan fingerprint density at radius 1 is 1.22 bits per heavy atom. The second-order valence-corrected chi connectivity index (χ2v) is 3.61. The number of allylic oxidation sites excluding steroid dienone is 1. The molecule has 0 saturated carbocycles. The first kappa shape index (κ1) is 12.0. The van der Waals surface area contributed by atoms with Gasteiger partial charge in [-0.25, -0.2) is 4.39 Å². The molecule has 0 amide bonds. The third kappa shape index (κ3) is 3.01. The van der Waals surface area contributed by atoms with E-state index >= 15 is 0 Å². The summed E-state index contributed by atoms with van der Waals surface area (Å²) in [5.41, 5.74) is 1.92. The van der Waals surface area contributed by atoms with Crippen LogP contribution in [-0.4, -0.2) is 15.9 Å². The molecule has 18 heavy (non-hydrogen) atoms. The second-order valence-electron chi connectivity index (χ2n) is 3.61. The molecule has 2 rings (SSSR count). The van der Waals surface area contributed by atoms with Crippen molar-refractivity contribution in [3.05, 3.63) is 71.8 Å². The smallest absolute Gasteiger partial charge is 0.123 e. The maximum absolute atomic E-state index is 12.7. The number of pyridine rings is 1. The molecule has 4 heteroatoms. The molecule has 1 N–H and O–H groups in total. The Kier molecular flexibility index (Phi) is 3.81. The van der Waals surface area contributed by atoms with Crippen molar-refractivity contribution in [1.29, 1.82) is 0 Å². The van der Waals surface area contributed by atoms with Gasteiger partial charge < -0.3 is 5.21 Å². The summed E-state index contributed by atoms with van der Waals surface area (Å²) in [6, 6.07) is 9.58. The summed E-state index contributed by atoms with van der Waals surface area (Å²) in [5.74, 6) is -0.282. The van der Waals surface area contributed by atoms with Gasteiger partial charge in [0.05, 0.1) is 0 Å². The lowest BCUT2D eigenvalue weighted by Gasteiger charge is -1.98. The zero-order valence-corrected chi connectivity index (χ0v) is 9.49. The molecule has 90 valence electrons. The molecule has 0 radical (unpaired) electrons. The molecular formula is C14H11FN2O. The minimum atomic E-state index is -0.282. The van der Waals surface area contributed by atoms with Crippen LogP contribution in [0.1, 0.15) is 11.1 Å². The fourth-order valence-corrected chi connectivity index (χ4v) is 1.45. The van der Waals surface area contributed by atoms with Crippen LogP contribution >= 0.6 is 0 Å². The number of hydrogen-bond donors (Lipinski definition) is 1. The number of benzene rings is 1. The molecule has 0 fully saturated rings. The SMILES string of the molecule is O/N=C(/C=C/c1ccc(F)cc1)c1cccnc1. The van der Waals surface area contributed by atoms with Crippen LogP contribution in [-0.2, 0) is 0 Å². The van der Waals surface area contributed by atoms with Crippen molar-refractivity contribution in [2.75, 3.05) is 0 Å². The molecule has 1 heterocycles. The lowest BCUT2D eigenvalue weighted by Crippen LogP contribution is -1.96. The summed E-state index contributed by atoms with van der Waals surface area (Å²) in [6.07, 6.45) is 6.62. The van der Waals surface area contributed by atoms with Gasteiger partial charge in [-0.1, -0.05) is 23.4 Å². The Bertz CT molecular complexity index is 562. The van der Waals surface area contributed by atoms with Crippen LogP contribution in [0.25, 0.3) is 6.08 Å². The van der Waals surface area contributed by atoms with Gasteiger partial charge in [-0.3, -0.25) is 4.98 Å². The number of nitrogens with zero attached hydrogens (tertiary/aromatic N) is 2. The van der Waals surface area contributed by atoms with E-state index in [1.54, 1.807) is 48.8 Å². The molecule has 0 bridgehead atoms. The van der Waals surface area contributed by atoms with Crippen molar-refractivity contribution in [2.45, 2.75) is 0 Å². The predicted molar refractivity (Wildman–Crippen MR) is 68.0 cm³/mol. The fraction of sp³-hybridized carbons (Fsp3) is 0. The van der Waals surface area contributed by atoms with Crippen LogP contribution in [0.5, 0.6) is 0 Å². The van der Waals surface area contributed by atoms with Gasteiger partial charge in [0.2, 0.25) is 0 Å². The van der Waals surface area contributed by atoms with E-state index in [1.165, 1.54) is 12.1 Å². The largest absolute Gasteiger partial charge is 0.410 e. The predicted octanol–water partition coefficient (Wildman–Crippen LogP) is 3.11. The summed E-state index contributed by atoms with van der Waals surface area (Å²) >= 11 is 0. The van der Waals surface area contributed by atoms with Gasteiger partial charge in [0.25, 0.3) is 0 Å². The summed E-state index contributed by atoms with van der Waals surface area (Å²) in [5, 5.41) is 12.2. The number of aromatic nitrogens is 1. The minimum absolute atomic E-state index is 0.282. The van der Waals surface area contributed by atoms with Gasteiger partial charge in [-0.2, -0.15) is 0 Å². The maximum atomic E-state index is 12.7. The Morgan fingerprint density at radius 2 is 2.00 bits per heavy atom. The molecule has 0 aliphatic heterocycles. The number of halogens is 1. The average Bonchev–Trinajstić information content (AvgIpc) is 2.43. The van der Waals surface area contributed by atoms with E-state index in [9.17, 15) is 4.39 Å². The first-order valence-corrected chi connectivity index (χ1v) is 5.36. The Hall–Kier alpha value is -2.49. The topological polar surface area (TPSA) is 45.5 Å². The zero-order valence-electron chi connectivity index (χ0n) is 9.49. The molecule has 0 unspecified atom stereocenters. The molecule has 0 saturated heterocycles. The average molecular weight is 242 g/mol. The van der Waals surface area contributed by atoms with Crippen LogP contribution in [0.2, 0.25) is 0 Å². The third-order valence-electron chi connectivity index (χ3n) is 2.37. The summed E-state index contributed by atoms with van der Waals surface area (Å²) in [7, 11) is 0. The van der Waals surface area contributed by atoms with Gasteiger partial charge in [0, 0.05) is 18.0 Å². The molecule has 0 aliphatic rings. The van der Waals surface area contributed by atoms with Gasteiger partial charge in [-0.05, 0) is 35.9 Å². The minimum Gasteiger partial charge on any atom is -0.410 e. The molecule has 0 spiro atoms. The lowest BCUT2D eigenvalue weighted by atomic mass is 10.1. The van der Waals surface area contributed by atoms with Gasteiger partial charge in [0.1, 0.15) is 11.5 Å². The van der Waals surface area contributed by atoms with Gasteiger partial charge in [0.15, 0.2) is 0 Å². The van der Waals surface area contributed by atoms with Crippen LogP contribution in [0.3, 0.4) is 0 Å². The number of rotatable bonds is 3. The second kappa shape index (κ2) is 5.72. The molecule has 0 aliphatic carbocycles. The van der Waals surface area contributed by atoms with Crippen LogP contribution in [0.4, 0.5) is 4.39 Å². The lowest BCUT2D eigenvalue weighted by molar-refractivity contribution is 0.320. The molecule has 2 aromatic rings. The van der Waals surface area contributed by atoms with Crippen molar-refractivity contribution in [2.24, 2.45) is 5.16 Å². The molecule has 1 aromatic carbocycles. The normalized spacial score (nSPS) is 11.9. The van der Waals surface area contributed by atoms with E-state index < -0.39 is 0 Å². The Labute approximate surface area is 104 Å². The molecule has 3 nitrogen and oxygen atoms in total. The zero-order chi connectivity index (χ0) is 12.8. The highest BCUT2D eigenvalue weighted by atomic mass is 19.1. The maximum Gasteiger partial charge on any atom is 0.123 e. The van der Waals surface area contributed by atoms with E-state index in [-0.39, 0.29) is 5.82 Å². The van der Waals surface area contributed by atoms with E-state index in [1.807, 2.05) is 0 Å². The number of hydrogen-bond acceptors (Lipinski definition) is 3. The van der Waals surface area contributed by atoms with Gasteiger partial charge in [-0.15, -0.1) is 0 Å². The summed E-state index contributed by atoms with van der Waals surface area (Å²) in [4.78, 5) is 3.94. The Morgan fingerprint density at radius 3 is 2.61 bits per heavy atom. The van der Waals surface area contributed by atoms with Crippen molar-refractivity contribution in [1.82, 2.24) is 4.98 Å². The summed E-state index contributed by atoms with van der Waals surface area (Å²) < 4.78 is 12.7. The highest BCUT2D eigenvalue weighted by Gasteiger charge is 1.99. The van der Waals surface area contributed by atoms with Crippen LogP contribution in [0.15, 0.2) is 60.0 Å².